The maximum absolute atomic E-state index is 5.66. The summed E-state index contributed by atoms with van der Waals surface area (Å²) in [7, 11) is 3.41. The van der Waals surface area contributed by atoms with Gasteiger partial charge in [-0.3, -0.25) is 9.89 Å². The third-order valence-electron chi connectivity index (χ3n) is 4.09. The van der Waals surface area contributed by atoms with E-state index in [9.17, 15) is 0 Å². The lowest BCUT2D eigenvalue weighted by molar-refractivity contribution is 0.178. The van der Waals surface area contributed by atoms with Gasteiger partial charge in [-0.2, -0.15) is 0 Å². The molecule has 1 saturated heterocycles. The van der Waals surface area contributed by atoms with Gasteiger partial charge in [-0.05, 0) is 49.5 Å². The molecule has 6 heteroatoms. The summed E-state index contributed by atoms with van der Waals surface area (Å²) >= 11 is 0. The van der Waals surface area contributed by atoms with Crippen molar-refractivity contribution in [1.29, 1.82) is 0 Å². The summed E-state index contributed by atoms with van der Waals surface area (Å²) in [4.78, 5) is 6.43. The topological polar surface area (TPSA) is 62.9 Å². The normalized spacial score (nSPS) is 16.9. The van der Waals surface area contributed by atoms with Crippen LogP contribution in [0.1, 0.15) is 18.4 Å². The maximum Gasteiger partial charge on any atom is 0.188 e. The molecule has 0 aromatic heterocycles. The zero-order chi connectivity index (χ0) is 15.1. The van der Waals surface area contributed by atoms with E-state index in [-0.39, 0.29) is 24.0 Å². The second-order valence-electron chi connectivity index (χ2n) is 5.56. The number of ether oxygens (including phenoxy) is 1. The second-order valence-corrected chi connectivity index (χ2v) is 5.56. The van der Waals surface area contributed by atoms with Crippen molar-refractivity contribution in [2.45, 2.75) is 19.4 Å². The maximum atomic E-state index is 5.66. The summed E-state index contributed by atoms with van der Waals surface area (Å²) in [5.41, 5.74) is 7.00. The molecule has 1 heterocycles. The minimum absolute atomic E-state index is 0. The minimum Gasteiger partial charge on any atom is -0.497 e. The van der Waals surface area contributed by atoms with Crippen molar-refractivity contribution in [2.24, 2.45) is 16.6 Å². The molecule has 0 saturated carbocycles. The Morgan fingerprint density at radius 3 is 2.50 bits per heavy atom. The Labute approximate surface area is 150 Å². The highest BCUT2D eigenvalue weighted by Gasteiger charge is 2.19. The van der Waals surface area contributed by atoms with Crippen molar-refractivity contribution < 1.29 is 4.74 Å². The number of guanidine groups is 1. The molecule has 1 aromatic carbocycles. The van der Waals surface area contributed by atoms with Crippen molar-refractivity contribution in [3.63, 3.8) is 0 Å². The van der Waals surface area contributed by atoms with Crippen LogP contribution in [0.25, 0.3) is 0 Å². The molecule has 0 radical (unpaired) electrons. The number of rotatable bonds is 5. The number of nitrogens with one attached hydrogen (secondary N) is 1. The molecule has 5 nitrogen and oxygen atoms in total. The van der Waals surface area contributed by atoms with Crippen LogP contribution in [0.4, 0.5) is 0 Å². The lowest BCUT2D eigenvalue weighted by atomic mass is 9.96. The van der Waals surface area contributed by atoms with Crippen molar-refractivity contribution in [2.75, 3.05) is 33.8 Å². The third-order valence-corrected chi connectivity index (χ3v) is 4.09. The van der Waals surface area contributed by atoms with Crippen molar-refractivity contribution in [1.82, 2.24) is 10.2 Å². The number of hydrogen-bond acceptors (Lipinski definition) is 3. The zero-order valence-corrected chi connectivity index (χ0v) is 15.7. The molecular weight excluding hydrogens is 391 g/mol. The molecule has 2 rings (SSSR count). The number of hydrogen-bond donors (Lipinski definition) is 2. The van der Waals surface area contributed by atoms with Gasteiger partial charge in [0.15, 0.2) is 5.96 Å². The van der Waals surface area contributed by atoms with E-state index in [4.69, 9.17) is 10.5 Å². The van der Waals surface area contributed by atoms with E-state index in [2.05, 4.69) is 27.3 Å². The van der Waals surface area contributed by atoms with Crippen LogP contribution >= 0.6 is 24.0 Å². The molecule has 1 aliphatic heterocycles. The highest BCUT2D eigenvalue weighted by molar-refractivity contribution is 14.0. The van der Waals surface area contributed by atoms with Crippen molar-refractivity contribution >= 4 is 29.9 Å². The molecule has 0 spiro atoms. The summed E-state index contributed by atoms with van der Waals surface area (Å²) in [5, 5.41) is 3.17. The van der Waals surface area contributed by atoms with Gasteiger partial charge in [-0.15, -0.1) is 24.0 Å². The van der Waals surface area contributed by atoms with Gasteiger partial charge in [0.1, 0.15) is 5.75 Å². The first-order valence-electron chi connectivity index (χ1n) is 7.52. The zero-order valence-electron chi connectivity index (χ0n) is 13.4. The number of halogens is 1. The van der Waals surface area contributed by atoms with Crippen LogP contribution in [0.2, 0.25) is 0 Å². The molecule has 3 N–H and O–H groups in total. The van der Waals surface area contributed by atoms with Crippen LogP contribution < -0.4 is 15.8 Å². The molecule has 0 amide bonds. The number of methoxy groups -OCH3 is 1. The Balaban J connectivity index is 0.00000242. The first-order chi connectivity index (χ1) is 10.2. The lowest BCUT2D eigenvalue weighted by Gasteiger charge is -2.32. The quantitative estimate of drug-likeness (QED) is 0.437. The smallest absolute Gasteiger partial charge is 0.188 e. The van der Waals surface area contributed by atoms with E-state index in [1.165, 1.54) is 18.4 Å². The van der Waals surface area contributed by atoms with Crippen LogP contribution in [-0.4, -0.2) is 44.7 Å². The van der Waals surface area contributed by atoms with E-state index < -0.39 is 0 Å². The average molecular weight is 418 g/mol. The number of likely N-dealkylation sites (tertiary alicyclic amines) is 1. The third kappa shape index (κ3) is 6.00. The molecule has 0 unspecified atom stereocenters. The molecule has 0 bridgehead atoms. The molecule has 22 heavy (non-hydrogen) atoms. The minimum atomic E-state index is 0. The van der Waals surface area contributed by atoms with Crippen LogP contribution in [-0.2, 0) is 6.54 Å². The predicted octanol–water partition coefficient (Wildman–Crippen LogP) is 2.06. The Morgan fingerprint density at radius 1 is 1.32 bits per heavy atom. The van der Waals surface area contributed by atoms with Gasteiger partial charge in [0.05, 0.1) is 7.11 Å². The molecule has 0 aliphatic carbocycles. The SMILES string of the molecule is CN=C(N)NCC1CCN(Cc2ccc(OC)cc2)CC1.I. The van der Waals surface area contributed by atoms with E-state index in [0.717, 1.165) is 31.9 Å². The van der Waals surface area contributed by atoms with Gasteiger partial charge >= 0.3 is 0 Å². The summed E-state index contributed by atoms with van der Waals surface area (Å²) in [5.74, 6) is 2.15. The van der Waals surface area contributed by atoms with Gasteiger partial charge in [-0.1, -0.05) is 12.1 Å². The second kappa shape index (κ2) is 9.89. The largest absolute Gasteiger partial charge is 0.497 e. The van der Waals surface area contributed by atoms with E-state index in [1.54, 1.807) is 14.2 Å². The number of nitrogens with zero attached hydrogens (tertiary/aromatic N) is 2. The number of piperidine rings is 1. The first-order valence-corrected chi connectivity index (χ1v) is 7.52. The van der Waals surface area contributed by atoms with E-state index in [0.29, 0.717) is 11.9 Å². The summed E-state index contributed by atoms with van der Waals surface area (Å²) in [6.07, 6.45) is 2.42. The summed E-state index contributed by atoms with van der Waals surface area (Å²) in [6.45, 7) is 4.23. The molecule has 1 fully saturated rings. The van der Waals surface area contributed by atoms with Gasteiger partial charge < -0.3 is 15.8 Å². The Hall–Kier alpha value is -1.02. The highest BCUT2D eigenvalue weighted by atomic mass is 127. The van der Waals surface area contributed by atoms with Crippen LogP contribution in [0.3, 0.4) is 0 Å². The Bertz CT molecular complexity index is 456. The Morgan fingerprint density at radius 2 is 1.95 bits per heavy atom. The lowest BCUT2D eigenvalue weighted by Crippen LogP contribution is -2.40. The average Bonchev–Trinajstić information content (AvgIpc) is 2.54. The summed E-state index contributed by atoms with van der Waals surface area (Å²) in [6, 6.07) is 8.34. The highest BCUT2D eigenvalue weighted by Crippen LogP contribution is 2.19. The first kappa shape index (κ1) is 19.0. The van der Waals surface area contributed by atoms with E-state index >= 15 is 0 Å². The van der Waals surface area contributed by atoms with Gasteiger partial charge in [0, 0.05) is 20.1 Å². The fourth-order valence-corrected chi connectivity index (χ4v) is 2.67. The van der Waals surface area contributed by atoms with Gasteiger partial charge in [-0.25, -0.2) is 0 Å². The number of aliphatic imine (C=N–C) groups is 1. The Kier molecular flexibility index (Phi) is 8.55. The van der Waals surface area contributed by atoms with Crippen LogP contribution in [0.15, 0.2) is 29.3 Å². The monoisotopic (exact) mass is 418 g/mol. The van der Waals surface area contributed by atoms with E-state index in [1.807, 2.05) is 12.1 Å². The molecule has 1 aliphatic rings. The predicted molar refractivity (Wildman–Crippen MR) is 102 cm³/mol. The molecule has 1 aromatic rings. The fourth-order valence-electron chi connectivity index (χ4n) is 2.67. The molecule has 0 atom stereocenters. The fraction of sp³-hybridized carbons (Fsp3) is 0.562. The van der Waals surface area contributed by atoms with Gasteiger partial charge in [0.2, 0.25) is 0 Å². The summed E-state index contributed by atoms with van der Waals surface area (Å²) < 4.78 is 5.19. The van der Waals surface area contributed by atoms with Crippen LogP contribution in [0, 0.1) is 5.92 Å². The molecule has 124 valence electrons. The van der Waals surface area contributed by atoms with Crippen molar-refractivity contribution in [3.8, 4) is 5.75 Å². The van der Waals surface area contributed by atoms with Gasteiger partial charge in [0.25, 0.3) is 0 Å². The van der Waals surface area contributed by atoms with Crippen molar-refractivity contribution in [3.05, 3.63) is 29.8 Å². The standard InChI is InChI=1S/C16H26N4O.HI/c1-18-16(17)19-11-13-7-9-20(10-8-13)12-14-3-5-15(21-2)6-4-14;/h3-6,13H,7-12H2,1-2H3,(H3,17,18,19);1H. The number of nitrogens with two attached hydrogens (primary N) is 1. The number of benzene rings is 1. The molecular formula is C16H27IN4O. The van der Waals surface area contributed by atoms with Crippen LogP contribution in [0.5, 0.6) is 5.75 Å².